The Morgan fingerprint density at radius 1 is 0.950 bits per heavy atom. The lowest BCUT2D eigenvalue weighted by atomic mass is 10.2. The van der Waals surface area contributed by atoms with Crippen molar-refractivity contribution in [2.45, 2.75) is 0 Å². The highest BCUT2D eigenvalue weighted by Gasteiger charge is 2.13. The summed E-state index contributed by atoms with van der Waals surface area (Å²) < 4.78 is 0. The number of amides is 2. The topological polar surface area (TPSA) is 112 Å². The van der Waals surface area contributed by atoms with Crippen LogP contribution in [0.25, 0.3) is 0 Å². The van der Waals surface area contributed by atoms with E-state index in [9.17, 15) is 19.8 Å². The van der Waals surface area contributed by atoms with Gasteiger partial charge in [0.2, 0.25) is 0 Å². The molecule has 7 nitrogen and oxygen atoms in total. The van der Waals surface area contributed by atoms with Crippen molar-refractivity contribution < 1.29 is 19.8 Å². The first-order valence-corrected chi connectivity index (χ1v) is 5.60. The van der Waals surface area contributed by atoms with Crippen molar-refractivity contribution in [1.82, 2.24) is 15.8 Å². The van der Waals surface area contributed by atoms with E-state index in [1.165, 1.54) is 36.7 Å². The molecule has 0 aliphatic rings. The minimum absolute atomic E-state index is 0.153. The summed E-state index contributed by atoms with van der Waals surface area (Å²) in [4.78, 5) is 27.2. The van der Waals surface area contributed by atoms with Crippen LogP contribution < -0.4 is 10.9 Å². The molecule has 0 atom stereocenters. The zero-order valence-corrected chi connectivity index (χ0v) is 10.2. The van der Waals surface area contributed by atoms with Crippen LogP contribution in [0.1, 0.15) is 20.7 Å². The summed E-state index contributed by atoms with van der Waals surface area (Å²) in [6, 6.07) is 6.46. The summed E-state index contributed by atoms with van der Waals surface area (Å²) in [7, 11) is 0. The maximum atomic E-state index is 11.7. The van der Waals surface area contributed by atoms with E-state index in [0.29, 0.717) is 5.56 Å². The lowest BCUT2D eigenvalue weighted by Gasteiger charge is -2.08. The average Bonchev–Trinajstić information content (AvgIpc) is 2.47. The van der Waals surface area contributed by atoms with Crippen LogP contribution in [-0.2, 0) is 0 Å². The molecule has 2 rings (SSSR count). The van der Waals surface area contributed by atoms with Crippen molar-refractivity contribution in [3.8, 4) is 11.5 Å². The second-order valence-electron chi connectivity index (χ2n) is 3.85. The van der Waals surface area contributed by atoms with Crippen molar-refractivity contribution in [2.24, 2.45) is 0 Å². The second kappa shape index (κ2) is 5.70. The fourth-order valence-corrected chi connectivity index (χ4v) is 1.46. The summed E-state index contributed by atoms with van der Waals surface area (Å²) >= 11 is 0. The van der Waals surface area contributed by atoms with Gasteiger partial charge in [-0.25, -0.2) is 0 Å². The quantitative estimate of drug-likeness (QED) is 0.472. The number of aromatic nitrogens is 1. The Morgan fingerprint density at radius 3 is 2.30 bits per heavy atom. The lowest BCUT2D eigenvalue weighted by molar-refractivity contribution is 0.0845. The average molecular weight is 273 g/mol. The number of hydrogen-bond donors (Lipinski definition) is 4. The molecule has 4 N–H and O–H groups in total. The van der Waals surface area contributed by atoms with Crippen LogP contribution >= 0.6 is 0 Å². The van der Waals surface area contributed by atoms with Gasteiger partial charge in [0.05, 0.1) is 5.56 Å². The maximum Gasteiger partial charge on any atom is 0.273 e. The summed E-state index contributed by atoms with van der Waals surface area (Å²) in [6.45, 7) is 0. The summed E-state index contributed by atoms with van der Waals surface area (Å²) in [5, 5.41) is 18.8. The van der Waals surface area contributed by atoms with E-state index in [4.69, 9.17) is 0 Å². The van der Waals surface area contributed by atoms with Crippen molar-refractivity contribution in [2.75, 3.05) is 0 Å². The normalized spacial score (nSPS) is 9.80. The third-order valence-corrected chi connectivity index (χ3v) is 2.46. The zero-order chi connectivity index (χ0) is 14.5. The molecule has 20 heavy (non-hydrogen) atoms. The number of rotatable bonds is 2. The Balaban J connectivity index is 2.02. The Bertz CT molecular complexity index is 643. The number of benzene rings is 1. The minimum atomic E-state index is -0.749. The standard InChI is InChI=1S/C13H11N3O4/c17-9-1-2-11(18)10(7-9)13(20)16-15-12(19)8-3-5-14-6-4-8/h1-7,17-18H,(H,15,19)(H,16,20). The van der Waals surface area contributed by atoms with Gasteiger partial charge in [0, 0.05) is 18.0 Å². The molecule has 0 aliphatic carbocycles. The van der Waals surface area contributed by atoms with Gasteiger partial charge in [0.25, 0.3) is 11.8 Å². The van der Waals surface area contributed by atoms with Crippen LogP contribution in [0.15, 0.2) is 42.7 Å². The highest BCUT2D eigenvalue weighted by atomic mass is 16.3. The minimum Gasteiger partial charge on any atom is -0.508 e. The second-order valence-corrected chi connectivity index (χ2v) is 3.85. The van der Waals surface area contributed by atoms with E-state index in [2.05, 4.69) is 15.8 Å². The molecule has 0 spiro atoms. The predicted octanol–water partition coefficient (Wildman–Crippen LogP) is 0.568. The van der Waals surface area contributed by atoms with Crippen LogP contribution in [0.4, 0.5) is 0 Å². The molecule has 0 fully saturated rings. The number of phenolic OH excluding ortho intramolecular Hbond substituents is 2. The molecule has 0 radical (unpaired) electrons. The van der Waals surface area contributed by atoms with Gasteiger partial charge in [-0.05, 0) is 30.3 Å². The van der Waals surface area contributed by atoms with E-state index in [1.807, 2.05) is 0 Å². The molecule has 7 heteroatoms. The van der Waals surface area contributed by atoms with E-state index in [-0.39, 0.29) is 17.1 Å². The molecule has 0 unspecified atom stereocenters. The smallest absolute Gasteiger partial charge is 0.273 e. The van der Waals surface area contributed by atoms with E-state index in [0.717, 1.165) is 6.07 Å². The van der Waals surface area contributed by atoms with Crippen LogP contribution in [0.5, 0.6) is 11.5 Å². The van der Waals surface area contributed by atoms with Crippen molar-refractivity contribution in [3.05, 3.63) is 53.9 Å². The van der Waals surface area contributed by atoms with Gasteiger partial charge < -0.3 is 10.2 Å². The van der Waals surface area contributed by atoms with Gasteiger partial charge in [-0.15, -0.1) is 0 Å². The molecule has 0 bridgehead atoms. The summed E-state index contributed by atoms with van der Waals surface area (Å²) in [6.07, 6.45) is 2.88. The number of nitrogens with zero attached hydrogens (tertiary/aromatic N) is 1. The Kier molecular flexibility index (Phi) is 3.80. The highest BCUT2D eigenvalue weighted by Crippen LogP contribution is 2.21. The molecule has 102 valence electrons. The molecule has 0 aliphatic heterocycles. The number of aromatic hydroxyl groups is 2. The van der Waals surface area contributed by atoms with Crippen LogP contribution in [0.3, 0.4) is 0 Å². The Morgan fingerprint density at radius 2 is 1.60 bits per heavy atom. The molecule has 2 aromatic rings. The molecule has 0 saturated carbocycles. The number of hydrogen-bond acceptors (Lipinski definition) is 5. The van der Waals surface area contributed by atoms with Gasteiger partial charge in [-0.3, -0.25) is 25.4 Å². The monoisotopic (exact) mass is 273 g/mol. The van der Waals surface area contributed by atoms with Crippen LogP contribution in [0.2, 0.25) is 0 Å². The number of hydrazine groups is 1. The lowest BCUT2D eigenvalue weighted by Crippen LogP contribution is -2.41. The van der Waals surface area contributed by atoms with Crippen LogP contribution in [0, 0.1) is 0 Å². The van der Waals surface area contributed by atoms with Gasteiger partial charge >= 0.3 is 0 Å². The maximum absolute atomic E-state index is 11.7. The van der Waals surface area contributed by atoms with Crippen molar-refractivity contribution in [3.63, 3.8) is 0 Å². The first-order chi connectivity index (χ1) is 9.58. The van der Waals surface area contributed by atoms with E-state index < -0.39 is 11.8 Å². The van der Waals surface area contributed by atoms with E-state index >= 15 is 0 Å². The number of pyridine rings is 1. The Hall–Kier alpha value is -3.09. The van der Waals surface area contributed by atoms with Gasteiger partial charge in [-0.1, -0.05) is 0 Å². The predicted molar refractivity (Wildman–Crippen MR) is 68.9 cm³/mol. The van der Waals surface area contributed by atoms with Crippen molar-refractivity contribution >= 4 is 11.8 Å². The van der Waals surface area contributed by atoms with Crippen molar-refractivity contribution in [1.29, 1.82) is 0 Å². The number of carbonyl (C=O) groups excluding carboxylic acids is 2. The molecule has 0 saturated heterocycles. The first-order valence-electron chi connectivity index (χ1n) is 5.60. The largest absolute Gasteiger partial charge is 0.508 e. The molecular formula is C13H11N3O4. The fourth-order valence-electron chi connectivity index (χ4n) is 1.46. The molecule has 1 aromatic heterocycles. The number of carbonyl (C=O) groups is 2. The third-order valence-electron chi connectivity index (χ3n) is 2.46. The van der Waals surface area contributed by atoms with E-state index in [1.54, 1.807) is 0 Å². The third kappa shape index (κ3) is 3.02. The summed E-state index contributed by atoms with van der Waals surface area (Å²) in [5.41, 5.74) is 4.49. The SMILES string of the molecule is O=C(NNC(=O)c1cc(O)ccc1O)c1ccncc1. The molecule has 1 heterocycles. The first kappa shape index (κ1) is 13.3. The molecular weight excluding hydrogens is 262 g/mol. The number of nitrogens with one attached hydrogen (secondary N) is 2. The summed E-state index contributed by atoms with van der Waals surface area (Å²) in [5.74, 6) is -1.76. The molecule has 1 aromatic carbocycles. The van der Waals surface area contributed by atoms with Gasteiger partial charge in [0.1, 0.15) is 11.5 Å². The van der Waals surface area contributed by atoms with Gasteiger partial charge in [0.15, 0.2) is 0 Å². The fraction of sp³-hybridized carbons (Fsp3) is 0. The number of phenols is 2. The zero-order valence-electron chi connectivity index (χ0n) is 10.2. The highest BCUT2D eigenvalue weighted by molar-refractivity contribution is 6.00. The Labute approximate surface area is 113 Å². The van der Waals surface area contributed by atoms with Gasteiger partial charge in [-0.2, -0.15) is 0 Å². The molecule has 2 amide bonds. The van der Waals surface area contributed by atoms with Crippen LogP contribution in [-0.4, -0.2) is 27.0 Å².